The molecule has 0 fully saturated rings. The predicted octanol–water partition coefficient (Wildman–Crippen LogP) is 3.00. The van der Waals surface area contributed by atoms with Crippen LogP contribution in [0.4, 0.5) is 0 Å². The Kier molecular flexibility index (Phi) is 2.99. The van der Waals surface area contributed by atoms with Crippen LogP contribution in [0.25, 0.3) is 11.2 Å². The van der Waals surface area contributed by atoms with Gasteiger partial charge in [-0.05, 0) is 11.5 Å². The van der Waals surface area contributed by atoms with E-state index < -0.39 is 0 Å². The van der Waals surface area contributed by atoms with Gasteiger partial charge in [-0.1, -0.05) is 44.2 Å². The smallest absolute Gasteiger partial charge is 0.200 e. The summed E-state index contributed by atoms with van der Waals surface area (Å²) in [6.45, 7) is 4.96. The molecule has 0 radical (unpaired) electrons. The molecule has 0 saturated carbocycles. The fourth-order valence-corrected chi connectivity index (χ4v) is 1.99. The van der Waals surface area contributed by atoms with Crippen molar-refractivity contribution in [1.82, 2.24) is 19.7 Å². The van der Waals surface area contributed by atoms with Crippen LogP contribution >= 0.6 is 0 Å². The third kappa shape index (κ3) is 2.47. The first-order chi connectivity index (χ1) is 9.22. The van der Waals surface area contributed by atoms with E-state index in [1.54, 1.807) is 0 Å². The molecule has 0 saturated heterocycles. The number of nitrogens with zero attached hydrogens (tertiary/aromatic N) is 4. The molecule has 0 unspecified atom stereocenters. The van der Waals surface area contributed by atoms with Crippen molar-refractivity contribution in [1.29, 1.82) is 0 Å². The third-order valence-electron chi connectivity index (χ3n) is 3.07. The molecule has 0 aliphatic carbocycles. The minimum Gasteiger partial charge on any atom is -0.264 e. The van der Waals surface area contributed by atoms with Crippen molar-refractivity contribution in [2.75, 3.05) is 0 Å². The summed E-state index contributed by atoms with van der Waals surface area (Å²) in [5.74, 6) is 0.371. The molecule has 2 heterocycles. The van der Waals surface area contributed by atoms with Crippen LogP contribution in [0.5, 0.6) is 0 Å². The number of aromatic nitrogens is 4. The Bertz CT molecular complexity index is 686. The molecule has 96 valence electrons. The zero-order valence-corrected chi connectivity index (χ0v) is 11.1. The van der Waals surface area contributed by atoms with Crippen molar-refractivity contribution in [3.63, 3.8) is 0 Å². The van der Waals surface area contributed by atoms with Gasteiger partial charge < -0.3 is 0 Å². The van der Waals surface area contributed by atoms with E-state index in [1.807, 2.05) is 35.3 Å². The summed E-state index contributed by atoms with van der Waals surface area (Å²) in [6, 6.07) is 10.3. The maximum Gasteiger partial charge on any atom is 0.200 e. The van der Waals surface area contributed by atoms with Crippen LogP contribution in [0.3, 0.4) is 0 Å². The molecule has 0 amide bonds. The highest BCUT2D eigenvalue weighted by molar-refractivity contribution is 5.68. The molecule has 0 spiro atoms. The van der Waals surface area contributed by atoms with Crippen molar-refractivity contribution in [2.45, 2.75) is 26.3 Å². The van der Waals surface area contributed by atoms with Crippen molar-refractivity contribution in [3.8, 4) is 0 Å². The van der Waals surface area contributed by atoms with Crippen LogP contribution in [-0.4, -0.2) is 19.7 Å². The monoisotopic (exact) mass is 252 g/mol. The molecule has 0 aliphatic heterocycles. The van der Waals surface area contributed by atoms with E-state index in [-0.39, 0.29) is 0 Å². The molecule has 19 heavy (non-hydrogen) atoms. The number of fused-ring (bicyclic) bond motifs is 1. The first-order valence-electron chi connectivity index (χ1n) is 6.46. The highest BCUT2D eigenvalue weighted by atomic mass is 15.3. The minimum atomic E-state index is 0.371. The van der Waals surface area contributed by atoms with Crippen LogP contribution in [0.2, 0.25) is 0 Å². The molecule has 2 aromatic heterocycles. The number of hydrogen-bond donors (Lipinski definition) is 0. The highest BCUT2D eigenvalue weighted by Gasteiger charge is 2.07. The van der Waals surface area contributed by atoms with Crippen molar-refractivity contribution < 1.29 is 0 Å². The quantitative estimate of drug-likeness (QED) is 0.719. The fraction of sp³-hybridized carbons (Fsp3) is 0.267. The van der Waals surface area contributed by atoms with Gasteiger partial charge in [-0.25, -0.2) is 9.97 Å². The zero-order valence-electron chi connectivity index (χ0n) is 11.1. The summed E-state index contributed by atoms with van der Waals surface area (Å²) in [5, 5.41) is 4.49. The fourth-order valence-electron chi connectivity index (χ4n) is 1.99. The van der Waals surface area contributed by atoms with Gasteiger partial charge in [-0.3, -0.25) is 4.68 Å². The molecule has 4 heteroatoms. The maximum absolute atomic E-state index is 4.54. The molecule has 4 nitrogen and oxygen atoms in total. The summed E-state index contributed by atoms with van der Waals surface area (Å²) < 4.78 is 1.89. The largest absolute Gasteiger partial charge is 0.264 e. The lowest BCUT2D eigenvalue weighted by atomic mass is 10.1. The third-order valence-corrected chi connectivity index (χ3v) is 3.07. The van der Waals surface area contributed by atoms with Crippen LogP contribution in [0, 0.1) is 0 Å². The standard InChI is InChI=1S/C15H16N4/c1-11(2)13-8-16-14-10-19(18-15(14)17-13)9-12-6-4-3-5-7-12/h3-8,10-11H,9H2,1-2H3. The van der Waals surface area contributed by atoms with E-state index in [1.165, 1.54) is 5.56 Å². The predicted molar refractivity (Wildman–Crippen MR) is 75.0 cm³/mol. The van der Waals surface area contributed by atoms with E-state index in [0.717, 1.165) is 23.4 Å². The van der Waals surface area contributed by atoms with E-state index in [4.69, 9.17) is 0 Å². The number of hydrogen-bond acceptors (Lipinski definition) is 3. The van der Waals surface area contributed by atoms with Gasteiger partial charge in [0.2, 0.25) is 0 Å². The minimum absolute atomic E-state index is 0.371. The highest BCUT2D eigenvalue weighted by Crippen LogP contribution is 2.14. The van der Waals surface area contributed by atoms with Crippen molar-refractivity contribution in [3.05, 3.63) is 54.0 Å². The average Bonchev–Trinajstić information content (AvgIpc) is 2.80. The second kappa shape index (κ2) is 4.80. The van der Waals surface area contributed by atoms with Gasteiger partial charge in [0, 0.05) is 6.20 Å². The average molecular weight is 252 g/mol. The molecule has 1 aromatic carbocycles. The molecule has 0 atom stereocenters. The second-order valence-corrected chi connectivity index (χ2v) is 4.97. The lowest BCUT2D eigenvalue weighted by molar-refractivity contribution is 0.692. The lowest BCUT2D eigenvalue weighted by Crippen LogP contribution is -1.99. The first-order valence-corrected chi connectivity index (χ1v) is 6.46. The molecule has 0 aliphatic rings. The Morgan fingerprint density at radius 1 is 1.16 bits per heavy atom. The molecule has 3 rings (SSSR count). The van der Waals surface area contributed by atoms with Crippen LogP contribution in [-0.2, 0) is 6.54 Å². The summed E-state index contributed by atoms with van der Waals surface area (Å²) in [5.41, 5.74) is 3.78. The topological polar surface area (TPSA) is 43.6 Å². The van der Waals surface area contributed by atoms with E-state index in [2.05, 4.69) is 41.0 Å². The van der Waals surface area contributed by atoms with Gasteiger partial charge in [-0.2, -0.15) is 5.10 Å². The van der Waals surface area contributed by atoms with Gasteiger partial charge in [0.05, 0.1) is 18.4 Å². The van der Waals surface area contributed by atoms with Crippen LogP contribution in [0.15, 0.2) is 42.7 Å². The Morgan fingerprint density at radius 2 is 1.95 bits per heavy atom. The first kappa shape index (κ1) is 11.8. The van der Waals surface area contributed by atoms with Gasteiger partial charge >= 0.3 is 0 Å². The zero-order chi connectivity index (χ0) is 13.2. The van der Waals surface area contributed by atoms with E-state index in [0.29, 0.717) is 5.92 Å². The van der Waals surface area contributed by atoms with E-state index in [9.17, 15) is 0 Å². The van der Waals surface area contributed by atoms with Gasteiger partial charge in [-0.15, -0.1) is 0 Å². The summed E-state index contributed by atoms with van der Waals surface area (Å²) in [6.07, 6.45) is 3.78. The Morgan fingerprint density at radius 3 is 2.68 bits per heavy atom. The summed E-state index contributed by atoms with van der Waals surface area (Å²) in [4.78, 5) is 8.96. The summed E-state index contributed by atoms with van der Waals surface area (Å²) in [7, 11) is 0. The van der Waals surface area contributed by atoms with Gasteiger partial charge in [0.1, 0.15) is 5.52 Å². The van der Waals surface area contributed by atoms with Gasteiger partial charge in [0.15, 0.2) is 5.65 Å². The van der Waals surface area contributed by atoms with Crippen molar-refractivity contribution in [2.24, 2.45) is 0 Å². The maximum atomic E-state index is 4.54. The normalized spacial score (nSPS) is 11.3. The molecular formula is C15H16N4. The molecule has 3 aromatic rings. The van der Waals surface area contributed by atoms with E-state index >= 15 is 0 Å². The lowest BCUT2D eigenvalue weighted by Gasteiger charge is -2.01. The Labute approximate surface area is 112 Å². The van der Waals surface area contributed by atoms with Crippen LogP contribution in [0.1, 0.15) is 31.0 Å². The van der Waals surface area contributed by atoms with Crippen LogP contribution < -0.4 is 0 Å². The van der Waals surface area contributed by atoms with Crippen molar-refractivity contribution >= 4 is 11.2 Å². The molecule has 0 bridgehead atoms. The number of benzene rings is 1. The number of rotatable bonds is 3. The summed E-state index contributed by atoms with van der Waals surface area (Å²) >= 11 is 0. The van der Waals surface area contributed by atoms with Gasteiger partial charge in [0.25, 0.3) is 0 Å². The Balaban J connectivity index is 1.93. The molecule has 0 N–H and O–H groups in total. The SMILES string of the molecule is CC(C)c1cnc2cn(Cc3ccccc3)nc2n1. The molecular weight excluding hydrogens is 236 g/mol. The Hall–Kier alpha value is -2.23. The second-order valence-electron chi connectivity index (χ2n) is 4.97.